The number of nitrogens with zero attached hydrogens (tertiary/aromatic N) is 2. The summed E-state index contributed by atoms with van der Waals surface area (Å²) in [5.74, 6) is -0.668. The van der Waals surface area contributed by atoms with Gasteiger partial charge in [0.25, 0.3) is 0 Å². The largest absolute Gasteiger partial charge is 0.354 e. The SMILES string of the molecule is CCCCNC(=O)[C@H](C)N(CCc1ccccc1)C(=O)CN(c1ccc(I)cc1)S(C)(=O)=O. The molecule has 2 aromatic rings. The first kappa shape index (κ1) is 27.1. The van der Waals surface area contributed by atoms with Crippen LogP contribution in [0.15, 0.2) is 54.6 Å². The molecule has 0 fully saturated rings. The summed E-state index contributed by atoms with van der Waals surface area (Å²) in [6.07, 6.45) is 3.44. The summed E-state index contributed by atoms with van der Waals surface area (Å²) in [6, 6.07) is 15.9. The van der Waals surface area contributed by atoms with Gasteiger partial charge in [0, 0.05) is 16.7 Å². The minimum absolute atomic E-state index is 0.245. The van der Waals surface area contributed by atoms with Gasteiger partial charge in [0.1, 0.15) is 12.6 Å². The van der Waals surface area contributed by atoms with Gasteiger partial charge in [-0.25, -0.2) is 8.42 Å². The molecule has 0 aromatic heterocycles. The Bertz CT molecular complexity index is 1010. The number of hydrogen-bond donors (Lipinski definition) is 1. The molecule has 0 unspecified atom stereocenters. The van der Waals surface area contributed by atoms with Gasteiger partial charge in [0.05, 0.1) is 11.9 Å². The molecular weight excluding hydrogens is 553 g/mol. The Hall–Kier alpha value is -2.14. The Balaban J connectivity index is 2.25. The number of amides is 2. The highest BCUT2D eigenvalue weighted by Gasteiger charge is 2.29. The van der Waals surface area contributed by atoms with Gasteiger partial charge in [0.2, 0.25) is 21.8 Å². The van der Waals surface area contributed by atoms with Crippen LogP contribution in [-0.4, -0.2) is 57.1 Å². The van der Waals surface area contributed by atoms with Crippen molar-refractivity contribution in [1.29, 1.82) is 0 Å². The first-order valence-electron chi connectivity index (χ1n) is 11.0. The zero-order valence-corrected chi connectivity index (χ0v) is 22.3. The summed E-state index contributed by atoms with van der Waals surface area (Å²) >= 11 is 2.14. The molecule has 0 heterocycles. The van der Waals surface area contributed by atoms with Gasteiger partial charge in [-0.05, 0) is 72.2 Å². The Labute approximate surface area is 210 Å². The predicted molar refractivity (Wildman–Crippen MR) is 141 cm³/mol. The van der Waals surface area contributed by atoms with Gasteiger partial charge in [-0.3, -0.25) is 13.9 Å². The van der Waals surface area contributed by atoms with Crippen molar-refractivity contribution in [2.75, 3.05) is 30.2 Å². The Morgan fingerprint density at radius 2 is 1.70 bits per heavy atom. The van der Waals surface area contributed by atoms with Crippen LogP contribution in [0.1, 0.15) is 32.3 Å². The highest BCUT2D eigenvalue weighted by atomic mass is 127. The summed E-state index contributed by atoms with van der Waals surface area (Å²) in [6.45, 7) is 4.18. The van der Waals surface area contributed by atoms with Crippen LogP contribution in [0.5, 0.6) is 0 Å². The van der Waals surface area contributed by atoms with Crippen molar-refractivity contribution in [3.05, 3.63) is 63.7 Å². The summed E-state index contributed by atoms with van der Waals surface area (Å²) in [7, 11) is -3.71. The van der Waals surface area contributed by atoms with E-state index in [-0.39, 0.29) is 12.5 Å². The summed E-state index contributed by atoms with van der Waals surface area (Å²) < 4.78 is 27.1. The van der Waals surface area contributed by atoms with E-state index in [1.54, 1.807) is 31.2 Å². The first-order valence-corrected chi connectivity index (χ1v) is 13.9. The van der Waals surface area contributed by atoms with Crippen molar-refractivity contribution in [2.24, 2.45) is 0 Å². The first-order chi connectivity index (χ1) is 15.6. The van der Waals surface area contributed by atoms with E-state index in [0.717, 1.165) is 32.5 Å². The Kier molecular flexibility index (Phi) is 10.6. The van der Waals surface area contributed by atoms with Crippen LogP contribution >= 0.6 is 22.6 Å². The van der Waals surface area contributed by atoms with Crippen LogP contribution in [0.2, 0.25) is 0 Å². The number of carbonyl (C=O) groups excluding carboxylic acids is 2. The summed E-state index contributed by atoms with van der Waals surface area (Å²) in [4.78, 5) is 27.6. The van der Waals surface area contributed by atoms with Crippen molar-refractivity contribution in [3.8, 4) is 0 Å². The van der Waals surface area contributed by atoms with E-state index in [4.69, 9.17) is 0 Å². The second-order valence-electron chi connectivity index (χ2n) is 7.89. The number of benzene rings is 2. The molecule has 0 saturated carbocycles. The smallest absolute Gasteiger partial charge is 0.244 e. The van der Waals surface area contributed by atoms with E-state index in [1.165, 1.54) is 4.90 Å². The number of rotatable bonds is 12. The van der Waals surface area contributed by atoms with Gasteiger partial charge in [-0.2, -0.15) is 0 Å². The highest BCUT2D eigenvalue weighted by Crippen LogP contribution is 2.20. The average molecular weight is 586 g/mol. The van der Waals surface area contributed by atoms with Crippen LogP contribution in [-0.2, 0) is 26.0 Å². The number of anilines is 1. The van der Waals surface area contributed by atoms with Gasteiger partial charge >= 0.3 is 0 Å². The lowest BCUT2D eigenvalue weighted by Gasteiger charge is -2.31. The third-order valence-electron chi connectivity index (χ3n) is 5.27. The molecule has 180 valence electrons. The van der Waals surface area contributed by atoms with Gasteiger partial charge in [-0.15, -0.1) is 0 Å². The van der Waals surface area contributed by atoms with Crippen molar-refractivity contribution in [3.63, 3.8) is 0 Å². The number of halogens is 1. The van der Waals surface area contributed by atoms with E-state index >= 15 is 0 Å². The number of carbonyl (C=O) groups is 2. The quantitative estimate of drug-likeness (QED) is 0.306. The standard InChI is InChI=1S/C24H32IN3O4S/c1-4-5-16-26-24(30)19(2)27(17-15-20-9-7-6-8-10-20)23(29)18-28(33(3,31)32)22-13-11-21(25)12-14-22/h6-14,19H,4-5,15-18H2,1-3H3,(H,26,30)/t19-/m0/s1. The molecule has 0 spiro atoms. The third kappa shape index (κ3) is 8.62. The molecule has 0 aliphatic carbocycles. The number of hydrogen-bond acceptors (Lipinski definition) is 4. The van der Waals surface area contributed by atoms with E-state index < -0.39 is 22.0 Å². The second kappa shape index (κ2) is 12.9. The predicted octanol–water partition coefficient (Wildman–Crippen LogP) is 3.43. The van der Waals surface area contributed by atoms with Crippen molar-refractivity contribution >= 4 is 50.1 Å². The maximum absolute atomic E-state index is 13.4. The molecule has 7 nitrogen and oxygen atoms in total. The summed E-state index contributed by atoms with van der Waals surface area (Å²) in [5, 5.41) is 2.87. The normalized spacial score (nSPS) is 12.1. The van der Waals surface area contributed by atoms with Crippen molar-refractivity contribution in [2.45, 2.75) is 39.2 Å². The van der Waals surface area contributed by atoms with E-state index in [2.05, 4.69) is 27.9 Å². The molecule has 0 bridgehead atoms. The fourth-order valence-corrected chi connectivity index (χ4v) is 4.54. The molecule has 9 heteroatoms. The van der Waals surface area contributed by atoms with Gasteiger partial charge in [-0.1, -0.05) is 43.7 Å². The van der Waals surface area contributed by atoms with Crippen LogP contribution in [0.25, 0.3) is 0 Å². The lowest BCUT2D eigenvalue weighted by atomic mass is 10.1. The van der Waals surface area contributed by atoms with Crippen LogP contribution in [0, 0.1) is 3.57 Å². The van der Waals surface area contributed by atoms with E-state index in [9.17, 15) is 18.0 Å². The number of unbranched alkanes of at least 4 members (excludes halogenated alkanes) is 1. The average Bonchev–Trinajstić information content (AvgIpc) is 2.78. The number of nitrogens with one attached hydrogen (secondary N) is 1. The van der Waals surface area contributed by atoms with E-state index in [1.807, 2.05) is 37.3 Å². The zero-order valence-electron chi connectivity index (χ0n) is 19.3. The molecule has 0 aliphatic rings. The Morgan fingerprint density at radius 1 is 1.06 bits per heavy atom. The lowest BCUT2D eigenvalue weighted by Crippen LogP contribution is -2.52. The molecule has 33 heavy (non-hydrogen) atoms. The van der Waals surface area contributed by atoms with Crippen LogP contribution in [0.3, 0.4) is 0 Å². The van der Waals surface area contributed by atoms with Crippen LogP contribution < -0.4 is 9.62 Å². The molecule has 0 radical (unpaired) electrons. The lowest BCUT2D eigenvalue weighted by molar-refractivity contribution is -0.138. The maximum atomic E-state index is 13.4. The molecule has 0 saturated heterocycles. The topological polar surface area (TPSA) is 86.8 Å². The fourth-order valence-electron chi connectivity index (χ4n) is 3.33. The second-order valence-corrected chi connectivity index (χ2v) is 11.0. The molecule has 2 aromatic carbocycles. The summed E-state index contributed by atoms with van der Waals surface area (Å²) in [5.41, 5.74) is 1.45. The molecule has 0 aliphatic heterocycles. The molecule has 2 amide bonds. The third-order valence-corrected chi connectivity index (χ3v) is 7.13. The van der Waals surface area contributed by atoms with Crippen molar-refractivity contribution < 1.29 is 18.0 Å². The van der Waals surface area contributed by atoms with E-state index in [0.29, 0.717) is 25.2 Å². The van der Waals surface area contributed by atoms with Crippen molar-refractivity contribution in [1.82, 2.24) is 10.2 Å². The maximum Gasteiger partial charge on any atom is 0.244 e. The molecule has 1 N–H and O–H groups in total. The fraction of sp³-hybridized carbons (Fsp3) is 0.417. The molecular formula is C24H32IN3O4S. The zero-order chi connectivity index (χ0) is 24.4. The Morgan fingerprint density at radius 3 is 2.27 bits per heavy atom. The molecule has 1 atom stereocenters. The monoisotopic (exact) mass is 585 g/mol. The molecule has 2 rings (SSSR count). The number of sulfonamides is 1. The van der Waals surface area contributed by atoms with Gasteiger partial charge in [0.15, 0.2) is 0 Å². The minimum Gasteiger partial charge on any atom is -0.354 e. The van der Waals surface area contributed by atoms with Crippen LogP contribution in [0.4, 0.5) is 5.69 Å². The minimum atomic E-state index is -3.71. The van der Waals surface area contributed by atoms with Gasteiger partial charge < -0.3 is 10.2 Å². The highest BCUT2D eigenvalue weighted by molar-refractivity contribution is 14.1.